The normalized spacial score (nSPS) is 23.5. The van der Waals surface area contributed by atoms with Gasteiger partial charge in [-0.2, -0.15) is 4.31 Å². The van der Waals surface area contributed by atoms with Crippen molar-refractivity contribution in [2.75, 3.05) is 20.1 Å². The Labute approximate surface area is 156 Å². The Balaban J connectivity index is 1.59. The van der Waals surface area contributed by atoms with E-state index in [0.717, 1.165) is 37.9 Å². The maximum atomic E-state index is 13.1. The number of rotatable bonds is 3. The lowest BCUT2D eigenvalue weighted by Gasteiger charge is -2.45. The number of aryl methyl sites for hydroxylation is 1. The van der Waals surface area contributed by atoms with E-state index in [1.165, 1.54) is 11.1 Å². The number of piperidine rings is 1. The van der Waals surface area contributed by atoms with Gasteiger partial charge in [-0.1, -0.05) is 42.0 Å². The van der Waals surface area contributed by atoms with Crippen LogP contribution < -0.4 is 0 Å². The maximum absolute atomic E-state index is 13.1. The van der Waals surface area contributed by atoms with E-state index in [2.05, 4.69) is 29.2 Å². The van der Waals surface area contributed by atoms with Crippen molar-refractivity contribution in [1.82, 2.24) is 9.21 Å². The minimum atomic E-state index is -3.46. The monoisotopic (exact) mass is 370 g/mol. The summed E-state index contributed by atoms with van der Waals surface area (Å²) >= 11 is 0. The fourth-order valence-corrected chi connectivity index (χ4v) is 5.74. The van der Waals surface area contributed by atoms with Crippen LogP contribution >= 0.6 is 0 Å². The lowest BCUT2D eigenvalue weighted by molar-refractivity contribution is 0.0969. The highest BCUT2D eigenvalue weighted by molar-refractivity contribution is 7.89. The van der Waals surface area contributed by atoms with E-state index in [1.54, 1.807) is 23.5 Å². The van der Waals surface area contributed by atoms with E-state index < -0.39 is 10.0 Å². The van der Waals surface area contributed by atoms with Crippen LogP contribution in [-0.4, -0.2) is 43.8 Å². The minimum absolute atomic E-state index is 0.0358. The third kappa shape index (κ3) is 3.08. The molecule has 26 heavy (non-hydrogen) atoms. The van der Waals surface area contributed by atoms with Crippen molar-refractivity contribution in [1.29, 1.82) is 0 Å². The van der Waals surface area contributed by atoms with Crippen LogP contribution in [0.4, 0.5) is 0 Å². The van der Waals surface area contributed by atoms with Crippen molar-refractivity contribution in [2.24, 2.45) is 0 Å². The molecule has 2 heterocycles. The van der Waals surface area contributed by atoms with Gasteiger partial charge < -0.3 is 0 Å². The molecule has 2 atom stereocenters. The highest BCUT2D eigenvalue weighted by atomic mass is 32.2. The van der Waals surface area contributed by atoms with Gasteiger partial charge in [0.25, 0.3) is 0 Å². The Morgan fingerprint density at radius 3 is 2.54 bits per heavy atom. The Morgan fingerprint density at radius 2 is 1.77 bits per heavy atom. The summed E-state index contributed by atoms with van der Waals surface area (Å²) in [4.78, 5) is 2.91. The first-order valence-electron chi connectivity index (χ1n) is 9.33. The fourth-order valence-electron chi connectivity index (χ4n) is 4.34. The lowest BCUT2D eigenvalue weighted by Crippen LogP contribution is -2.48. The molecule has 0 spiro atoms. The third-order valence-corrected chi connectivity index (χ3v) is 7.90. The van der Waals surface area contributed by atoms with Gasteiger partial charge in [0.2, 0.25) is 10.0 Å². The second-order valence-electron chi connectivity index (χ2n) is 7.51. The first kappa shape index (κ1) is 17.7. The van der Waals surface area contributed by atoms with Crippen LogP contribution in [0.5, 0.6) is 0 Å². The average molecular weight is 371 g/mol. The predicted octanol–water partition coefficient (Wildman–Crippen LogP) is 3.38. The van der Waals surface area contributed by atoms with Crippen molar-refractivity contribution in [2.45, 2.75) is 43.2 Å². The van der Waals surface area contributed by atoms with Crippen LogP contribution in [0.3, 0.4) is 0 Å². The summed E-state index contributed by atoms with van der Waals surface area (Å²) in [7, 11) is -1.72. The zero-order chi connectivity index (χ0) is 18.3. The highest BCUT2D eigenvalue weighted by Crippen LogP contribution is 2.38. The summed E-state index contributed by atoms with van der Waals surface area (Å²) in [6, 6.07) is 16.1. The highest BCUT2D eigenvalue weighted by Gasteiger charge is 2.37. The molecule has 2 aliphatic rings. The zero-order valence-electron chi connectivity index (χ0n) is 15.4. The van der Waals surface area contributed by atoms with Gasteiger partial charge in [0.15, 0.2) is 0 Å². The zero-order valence-corrected chi connectivity index (χ0v) is 16.2. The SMILES string of the molecule is Cc1ccc(S(=O)(=O)N(C)[C@@H]2CCN3CCc4ccccc4C3C2)cc1. The quantitative estimate of drug-likeness (QED) is 0.832. The van der Waals surface area contributed by atoms with Gasteiger partial charge in [-0.05, 0) is 49.4 Å². The van der Waals surface area contributed by atoms with Crippen LogP contribution in [0.25, 0.3) is 0 Å². The molecule has 2 aliphatic heterocycles. The van der Waals surface area contributed by atoms with Crippen LogP contribution in [0, 0.1) is 6.92 Å². The predicted molar refractivity (Wildman–Crippen MR) is 104 cm³/mol. The van der Waals surface area contributed by atoms with Crippen LogP contribution in [0.2, 0.25) is 0 Å². The molecule has 0 aromatic heterocycles. The number of hydrogen-bond acceptors (Lipinski definition) is 3. The fraction of sp³-hybridized carbons (Fsp3) is 0.429. The van der Waals surface area contributed by atoms with Gasteiger partial charge in [0, 0.05) is 32.2 Å². The van der Waals surface area contributed by atoms with Crippen molar-refractivity contribution >= 4 is 10.0 Å². The van der Waals surface area contributed by atoms with E-state index >= 15 is 0 Å². The Bertz CT molecular complexity index is 892. The molecule has 138 valence electrons. The van der Waals surface area contributed by atoms with Crippen LogP contribution in [-0.2, 0) is 16.4 Å². The number of sulfonamides is 1. The number of fused-ring (bicyclic) bond motifs is 3. The molecular weight excluding hydrogens is 344 g/mol. The van der Waals surface area contributed by atoms with Crippen molar-refractivity contribution in [3.05, 3.63) is 65.2 Å². The van der Waals surface area contributed by atoms with E-state index in [4.69, 9.17) is 0 Å². The molecule has 2 aromatic rings. The second kappa shape index (κ2) is 6.80. The average Bonchev–Trinajstić information content (AvgIpc) is 2.67. The van der Waals surface area contributed by atoms with E-state index in [1.807, 2.05) is 19.1 Å². The molecule has 0 saturated carbocycles. The molecule has 0 N–H and O–H groups in total. The molecule has 4 nitrogen and oxygen atoms in total. The summed E-state index contributed by atoms with van der Waals surface area (Å²) in [6.07, 6.45) is 2.84. The third-order valence-electron chi connectivity index (χ3n) is 5.98. The van der Waals surface area contributed by atoms with Gasteiger partial charge in [0.05, 0.1) is 4.90 Å². The largest absolute Gasteiger partial charge is 0.296 e. The smallest absolute Gasteiger partial charge is 0.243 e. The summed E-state index contributed by atoms with van der Waals surface area (Å²) in [5.74, 6) is 0. The van der Waals surface area contributed by atoms with Crippen molar-refractivity contribution in [3.8, 4) is 0 Å². The molecule has 0 bridgehead atoms. The lowest BCUT2D eigenvalue weighted by atomic mass is 9.85. The topological polar surface area (TPSA) is 40.6 Å². The van der Waals surface area contributed by atoms with Gasteiger partial charge in [0.1, 0.15) is 0 Å². The number of benzene rings is 2. The van der Waals surface area contributed by atoms with Gasteiger partial charge in [-0.25, -0.2) is 8.42 Å². The van der Waals surface area contributed by atoms with Crippen molar-refractivity contribution in [3.63, 3.8) is 0 Å². The van der Waals surface area contributed by atoms with Crippen LogP contribution in [0.1, 0.15) is 35.6 Å². The molecular formula is C21H26N2O2S. The number of hydrogen-bond donors (Lipinski definition) is 0. The molecule has 0 aliphatic carbocycles. The second-order valence-corrected chi connectivity index (χ2v) is 9.51. The Hall–Kier alpha value is -1.69. The molecule has 1 saturated heterocycles. The number of nitrogens with zero attached hydrogens (tertiary/aromatic N) is 2. The van der Waals surface area contributed by atoms with E-state index in [-0.39, 0.29) is 6.04 Å². The first-order valence-corrected chi connectivity index (χ1v) is 10.8. The van der Waals surface area contributed by atoms with Crippen molar-refractivity contribution < 1.29 is 8.42 Å². The summed E-state index contributed by atoms with van der Waals surface area (Å²) in [6.45, 7) is 4.00. The van der Waals surface area contributed by atoms with Gasteiger partial charge in [-0.15, -0.1) is 0 Å². The van der Waals surface area contributed by atoms with Gasteiger partial charge >= 0.3 is 0 Å². The summed E-state index contributed by atoms with van der Waals surface area (Å²) < 4.78 is 27.7. The minimum Gasteiger partial charge on any atom is -0.296 e. The Morgan fingerprint density at radius 1 is 1.04 bits per heavy atom. The molecule has 1 fully saturated rings. The maximum Gasteiger partial charge on any atom is 0.243 e. The van der Waals surface area contributed by atoms with E-state index in [9.17, 15) is 8.42 Å². The van der Waals surface area contributed by atoms with Crippen LogP contribution in [0.15, 0.2) is 53.4 Å². The molecule has 1 unspecified atom stereocenters. The molecule has 5 heteroatoms. The molecule has 4 rings (SSSR count). The Kier molecular flexibility index (Phi) is 4.63. The summed E-state index contributed by atoms with van der Waals surface area (Å²) in [5, 5.41) is 0. The van der Waals surface area contributed by atoms with Gasteiger partial charge in [-0.3, -0.25) is 4.90 Å². The molecule has 2 aromatic carbocycles. The molecule has 0 radical (unpaired) electrons. The molecule has 0 amide bonds. The summed E-state index contributed by atoms with van der Waals surface area (Å²) in [5.41, 5.74) is 3.86. The standard InChI is InChI=1S/C21H26N2O2S/c1-16-7-9-19(10-8-16)26(24,25)22(2)18-12-14-23-13-11-17-5-3-4-6-20(17)21(23)15-18/h3-10,18,21H,11-15H2,1-2H3/t18-,21?/m1/s1. The van der Waals surface area contributed by atoms with E-state index in [0.29, 0.717) is 10.9 Å². The first-order chi connectivity index (χ1) is 12.5.